The second-order valence-corrected chi connectivity index (χ2v) is 7.58. The van der Waals surface area contributed by atoms with Gasteiger partial charge in [0.05, 0.1) is 11.9 Å². The third-order valence-electron chi connectivity index (χ3n) is 5.59. The number of aromatic nitrogens is 4. The second kappa shape index (κ2) is 5.96. The van der Waals surface area contributed by atoms with E-state index in [9.17, 15) is 4.79 Å². The first-order valence-corrected chi connectivity index (χ1v) is 9.33. The molecular formula is C18H23N7O. The standard InChI is InChI=1S/C18H23N7O/c1-23-9-13(8-20-23)21-18-19-7-6-16(22-18)24-10-14-4-5-15(11-24)25(14)17(26)12-2-3-12/h6-9,12,14-15H,2-5,10-11H2,1H3,(H,19,21,22)/t14-,15?/m1/s1. The van der Waals surface area contributed by atoms with E-state index in [1.165, 1.54) is 0 Å². The molecule has 0 radical (unpaired) electrons. The molecule has 1 unspecified atom stereocenters. The topological polar surface area (TPSA) is 79.2 Å². The van der Waals surface area contributed by atoms with Crippen LogP contribution in [-0.2, 0) is 11.8 Å². The molecule has 136 valence electrons. The van der Waals surface area contributed by atoms with E-state index in [-0.39, 0.29) is 0 Å². The molecule has 1 saturated carbocycles. The Kier molecular flexibility index (Phi) is 3.58. The van der Waals surface area contributed by atoms with Crippen LogP contribution in [0, 0.1) is 5.92 Å². The molecule has 5 rings (SSSR count). The molecule has 4 heterocycles. The Morgan fingerprint density at radius 3 is 2.62 bits per heavy atom. The summed E-state index contributed by atoms with van der Waals surface area (Å²) < 4.78 is 1.74. The van der Waals surface area contributed by atoms with Gasteiger partial charge in [0, 0.05) is 50.5 Å². The molecule has 3 aliphatic rings. The van der Waals surface area contributed by atoms with Crippen molar-refractivity contribution in [2.45, 2.75) is 37.8 Å². The van der Waals surface area contributed by atoms with Crippen molar-refractivity contribution in [3.05, 3.63) is 24.7 Å². The Hall–Kier alpha value is -2.64. The van der Waals surface area contributed by atoms with E-state index in [2.05, 4.69) is 30.2 Å². The first-order chi connectivity index (χ1) is 12.7. The number of nitrogens with one attached hydrogen (secondary N) is 1. The molecule has 1 aliphatic carbocycles. The molecule has 1 N–H and O–H groups in total. The van der Waals surface area contributed by atoms with Gasteiger partial charge in [0.2, 0.25) is 11.9 Å². The zero-order valence-corrected chi connectivity index (χ0v) is 14.9. The highest BCUT2D eigenvalue weighted by Crippen LogP contribution is 2.38. The minimum atomic E-state index is 0.305. The fraction of sp³-hybridized carbons (Fsp3) is 0.556. The predicted molar refractivity (Wildman–Crippen MR) is 97.1 cm³/mol. The van der Waals surface area contributed by atoms with E-state index < -0.39 is 0 Å². The lowest BCUT2D eigenvalue weighted by Crippen LogP contribution is -2.56. The smallest absolute Gasteiger partial charge is 0.229 e. The van der Waals surface area contributed by atoms with Gasteiger partial charge >= 0.3 is 0 Å². The van der Waals surface area contributed by atoms with Gasteiger partial charge in [-0.1, -0.05) is 0 Å². The maximum Gasteiger partial charge on any atom is 0.229 e. The van der Waals surface area contributed by atoms with Crippen molar-refractivity contribution in [1.29, 1.82) is 0 Å². The van der Waals surface area contributed by atoms with Crippen LogP contribution in [0.15, 0.2) is 24.7 Å². The van der Waals surface area contributed by atoms with Crippen LogP contribution < -0.4 is 10.2 Å². The Morgan fingerprint density at radius 1 is 1.19 bits per heavy atom. The van der Waals surface area contributed by atoms with Gasteiger partial charge in [-0.3, -0.25) is 9.48 Å². The van der Waals surface area contributed by atoms with Gasteiger partial charge < -0.3 is 15.1 Å². The van der Waals surface area contributed by atoms with Crippen LogP contribution in [0.1, 0.15) is 25.7 Å². The zero-order valence-electron chi connectivity index (χ0n) is 14.9. The van der Waals surface area contributed by atoms with Gasteiger partial charge in [-0.15, -0.1) is 0 Å². The van der Waals surface area contributed by atoms with Crippen molar-refractivity contribution in [3.63, 3.8) is 0 Å². The maximum atomic E-state index is 12.6. The molecule has 26 heavy (non-hydrogen) atoms. The van der Waals surface area contributed by atoms with Gasteiger partial charge in [-0.2, -0.15) is 10.1 Å². The summed E-state index contributed by atoms with van der Waals surface area (Å²) in [6.07, 6.45) is 9.78. The Labute approximate surface area is 152 Å². The predicted octanol–water partition coefficient (Wildman–Crippen LogP) is 1.54. The van der Waals surface area contributed by atoms with E-state index in [4.69, 9.17) is 0 Å². The normalized spacial score (nSPS) is 24.8. The molecule has 2 saturated heterocycles. The van der Waals surface area contributed by atoms with Crippen molar-refractivity contribution in [2.24, 2.45) is 13.0 Å². The van der Waals surface area contributed by atoms with Crippen LogP contribution in [0.3, 0.4) is 0 Å². The van der Waals surface area contributed by atoms with Crippen LogP contribution in [0.2, 0.25) is 0 Å². The molecule has 2 atom stereocenters. The highest BCUT2D eigenvalue weighted by atomic mass is 16.2. The van der Waals surface area contributed by atoms with Crippen LogP contribution in [-0.4, -0.2) is 55.7 Å². The molecule has 8 heteroatoms. The number of carbonyl (C=O) groups is 1. The second-order valence-electron chi connectivity index (χ2n) is 7.58. The zero-order chi connectivity index (χ0) is 17.7. The Bertz CT molecular complexity index is 816. The van der Waals surface area contributed by atoms with Crippen molar-refractivity contribution in [2.75, 3.05) is 23.3 Å². The van der Waals surface area contributed by atoms with Crippen molar-refractivity contribution >= 4 is 23.4 Å². The molecule has 3 fully saturated rings. The summed E-state index contributed by atoms with van der Waals surface area (Å²) in [4.78, 5) is 26.1. The average Bonchev–Trinajstić information content (AvgIpc) is 3.36. The molecule has 2 bridgehead atoms. The van der Waals surface area contributed by atoms with Gasteiger partial charge in [0.15, 0.2) is 0 Å². The van der Waals surface area contributed by atoms with Crippen molar-refractivity contribution in [3.8, 4) is 0 Å². The molecular weight excluding hydrogens is 330 g/mol. The molecule has 2 aromatic heterocycles. The molecule has 0 spiro atoms. The lowest BCUT2D eigenvalue weighted by atomic mass is 10.1. The molecule has 0 aromatic carbocycles. The minimum Gasteiger partial charge on any atom is -0.352 e. The third-order valence-corrected chi connectivity index (χ3v) is 5.59. The number of anilines is 3. The van der Waals surface area contributed by atoms with Gasteiger partial charge in [0.25, 0.3) is 0 Å². The monoisotopic (exact) mass is 353 g/mol. The molecule has 2 aromatic rings. The third kappa shape index (κ3) is 2.79. The number of carbonyl (C=O) groups excluding carboxylic acids is 1. The highest BCUT2D eigenvalue weighted by Gasteiger charge is 2.46. The SMILES string of the molecule is Cn1cc(Nc2nccc(N3CC4CC[C@H](C3)N4C(=O)C3CC3)n2)cn1. The molecule has 2 aliphatic heterocycles. The number of hydrogen-bond donors (Lipinski definition) is 1. The van der Waals surface area contributed by atoms with E-state index >= 15 is 0 Å². The number of amides is 1. The van der Waals surface area contributed by atoms with E-state index in [0.717, 1.165) is 50.3 Å². The number of rotatable bonds is 4. The summed E-state index contributed by atoms with van der Waals surface area (Å²) in [5, 5.41) is 7.34. The van der Waals surface area contributed by atoms with E-state index in [1.54, 1.807) is 17.1 Å². The number of fused-ring (bicyclic) bond motifs is 2. The average molecular weight is 353 g/mol. The molecule has 8 nitrogen and oxygen atoms in total. The van der Waals surface area contributed by atoms with E-state index in [1.807, 2.05) is 19.3 Å². The molecule has 1 amide bonds. The van der Waals surface area contributed by atoms with Crippen molar-refractivity contribution < 1.29 is 4.79 Å². The fourth-order valence-corrected chi connectivity index (χ4v) is 4.19. The quantitative estimate of drug-likeness (QED) is 0.898. The van der Waals surface area contributed by atoms with Crippen LogP contribution in [0.5, 0.6) is 0 Å². The van der Waals surface area contributed by atoms with Crippen LogP contribution >= 0.6 is 0 Å². The minimum absolute atomic E-state index is 0.305. The number of nitrogens with zero attached hydrogens (tertiary/aromatic N) is 6. The fourth-order valence-electron chi connectivity index (χ4n) is 4.19. The lowest BCUT2D eigenvalue weighted by molar-refractivity contribution is -0.135. The largest absolute Gasteiger partial charge is 0.352 e. The summed E-state index contributed by atoms with van der Waals surface area (Å²) in [6, 6.07) is 2.60. The number of piperazine rings is 1. The maximum absolute atomic E-state index is 12.6. The number of aryl methyl sites for hydroxylation is 1. The van der Waals surface area contributed by atoms with E-state index in [0.29, 0.717) is 29.9 Å². The van der Waals surface area contributed by atoms with Gasteiger partial charge in [0.1, 0.15) is 5.82 Å². The summed E-state index contributed by atoms with van der Waals surface area (Å²) in [6.45, 7) is 1.72. The Morgan fingerprint density at radius 2 is 1.96 bits per heavy atom. The van der Waals surface area contributed by atoms with Gasteiger partial charge in [-0.05, 0) is 31.7 Å². The summed E-state index contributed by atoms with van der Waals surface area (Å²) in [7, 11) is 1.88. The van der Waals surface area contributed by atoms with Crippen LogP contribution in [0.4, 0.5) is 17.5 Å². The summed E-state index contributed by atoms with van der Waals surface area (Å²) in [5.74, 6) is 2.18. The lowest BCUT2D eigenvalue weighted by Gasteiger charge is -2.41. The Balaban J connectivity index is 1.32. The first kappa shape index (κ1) is 15.6. The number of hydrogen-bond acceptors (Lipinski definition) is 6. The first-order valence-electron chi connectivity index (χ1n) is 9.33. The summed E-state index contributed by atoms with van der Waals surface area (Å²) in [5.41, 5.74) is 0.865. The highest BCUT2D eigenvalue weighted by molar-refractivity contribution is 5.82. The van der Waals surface area contributed by atoms with Crippen molar-refractivity contribution in [1.82, 2.24) is 24.6 Å². The van der Waals surface area contributed by atoms with Gasteiger partial charge in [-0.25, -0.2) is 4.98 Å². The summed E-state index contributed by atoms with van der Waals surface area (Å²) >= 11 is 0. The van der Waals surface area contributed by atoms with Crippen LogP contribution in [0.25, 0.3) is 0 Å².